The zero-order chi connectivity index (χ0) is 17.0. The second-order valence-electron chi connectivity index (χ2n) is 4.22. The van der Waals surface area contributed by atoms with Gasteiger partial charge >= 0.3 is 5.97 Å². The molecule has 2 aromatic carbocycles. The molecule has 0 atom stereocenters. The molecule has 0 bridgehead atoms. The molecule has 0 N–H and O–H groups in total. The summed E-state index contributed by atoms with van der Waals surface area (Å²) in [5.74, 6) is -0.488. The molecule has 0 saturated carbocycles. The Balaban J connectivity index is 2.04. The fourth-order valence-electron chi connectivity index (χ4n) is 1.59. The molecule has 0 heterocycles. The number of esters is 1. The van der Waals surface area contributed by atoms with Crippen LogP contribution in [-0.2, 0) is 4.79 Å². The first-order chi connectivity index (χ1) is 10.9. The summed E-state index contributed by atoms with van der Waals surface area (Å²) in [6.07, 6.45) is 0. The van der Waals surface area contributed by atoms with E-state index in [4.69, 9.17) is 61.1 Å². The van der Waals surface area contributed by atoms with Gasteiger partial charge in [-0.3, -0.25) is 0 Å². The van der Waals surface area contributed by atoms with E-state index >= 15 is 0 Å². The topological polar surface area (TPSA) is 59.3 Å². The van der Waals surface area contributed by atoms with Gasteiger partial charge in [0.05, 0.1) is 26.7 Å². The fourth-order valence-corrected chi connectivity index (χ4v) is 2.62. The van der Waals surface area contributed by atoms with Crippen LogP contribution < -0.4 is 9.47 Å². The van der Waals surface area contributed by atoms with Gasteiger partial charge in [0.15, 0.2) is 12.4 Å². The molecule has 0 radical (unpaired) electrons. The highest BCUT2D eigenvalue weighted by molar-refractivity contribution is 6.37. The van der Waals surface area contributed by atoms with E-state index in [9.17, 15) is 4.79 Å². The Bertz CT molecular complexity index is 779. The minimum absolute atomic E-state index is 0.0388. The highest BCUT2D eigenvalue weighted by atomic mass is 35.5. The predicted molar refractivity (Wildman–Crippen MR) is 88.8 cm³/mol. The summed E-state index contributed by atoms with van der Waals surface area (Å²) in [7, 11) is 0. The van der Waals surface area contributed by atoms with Gasteiger partial charge in [-0.2, -0.15) is 5.26 Å². The Labute approximate surface area is 152 Å². The zero-order valence-corrected chi connectivity index (χ0v) is 14.3. The van der Waals surface area contributed by atoms with Crippen molar-refractivity contribution in [1.29, 1.82) is 5.26 Å². The van der Waals surface area contributed by atoms with Crippen LogP contribution in [0.4, 0.5) is 0 Å². The number of benzene rings is 2. The molecule has 0 aliphatic rings. The first-order valence-electron chi connectivity index (χ1n) is 6.08. The van der Waals surface area contributed by atoms with Gasteiger partial charge < -0.3 is 9.47 Å². The SMILES string of the molecule is N#Cc1cc(Cl)c(OC(=O)COc2ccc(Cl)cc2Cl)c(Cl)c1. The third kappa shape index (κ3) is 4.66. The zero-order valence-electron chi connectivity index (χ0n) is 11.3. The van der Waals surface area contributed by atoms with Gasteiger partial charge in [0.2, 0.25) is 0 Å². The number of rotatable bonds is 4. The van der Waals surface area contributed by atoms with Crippen molar-refractivity contribution >= 4 is 52.4 Å². The van der Waals surface area contributed by atoms with Crippen LogP contribution in [0.3, 0.4) is 0 Å². The van der Waals surface area contributed by atoms with E-state index in [2.05, 4.69) is 0 Å². The summed E-state index contributed by atoms with van der Waals surface area (Å²) in [5.41, 5.74) is 0.254. The van der Waals surface area contributed by atoms with E-state index in [-0.39, 0.29) is 32.1 Å². The van der Waals surface area contributed by atoms with Crippen LogP contribution in [0.2, 0.25) is 20.1 Å². The summed E-state index contributed by atoms with van der Waals surface area (Å²) in [4.78, 5) is 11.8. The number of nitriles is 1. The maximum Gasteiger partial charge on any atom is 0.349 e. The second kappa shape index (κ2) is 7.76. The molecular formula is C15H7Cl4NO3. The lowest BCUT2D eigenvalue weighted by molar-refractivity contribution is -0.136. The molecule has 2 rings (SSSR count). The first kappa shape index (κ1) is 17.7. The van der Waals surface area contributed by atoms with Gasteiger partial charge in [-0.15, -0.1) is 0 Å². The van der Waals surface area contributed by atoms with Crippen LogP contribution in [0.25, 0.3) is 0 Å². The van der Waals surface area contributed by atoms with E-state index in [1.165, 1.54) is 24.3 Å². The predicted octanol–water partition coefficient (Wildman–Crippen LogP) is 5.16. The van der Waals surface area contributed by atoms with Crippen molar-refractivity contribution in [3.05, 3.63) is 56.0 Å². The summed E-state index contributed by atoms with van der Waals surface area (Å²) in [6.45, 7) is -0.409. The normalized spacial score (nSPS) is 10.0. The van der Waals surface area contributed by atoms with E-state index in [1.807, 2.05) is 6.07 Å². The fraction of sp³-hybridized carbons (Fsp3) is 0.0667. The van der Waals surface area contributed by atoms with Gasteiger partial charge in [0.25, 0.3) is 0 Å². The van der Waals surface area contributed by atoms with Crippen LogP contribution in [-0.4, -0.2) is 12.6 Å². The summed E-state index contributed by atoms with van der Waals surface area (Å²) < 4.78 is 10.3. The van der Waals surface area contributed by atoms with Crippen molar-refractivity contribution in [3.8, 4) is 17.6 Å². The Kier molecular flexibility index (Phi) is 5.97. The number of ether oxygens (including phenoxy) is 2. The van der Waals surface area contributed by atoms with E-state index in [0.29, 0.717) is 5.02 Å². The van der Waals surface area contributed by atoms with Crippen LogP contribution in [0.15, 0.2) is 30.3 Å². The van der Waals surface area contributed by atoms with Crippen LogP contribution >= 0.6 is 46.4 Å². The van der Waals surface area contributed by atoms with Crippen LogP contribution in [0, 0.1) is 11.3 Å². The lowest BCUT2D eigenvalue weighted by Gasteiger charge is -2.10. The third-order valence-electron chi connectivity index (χ3n) is 2.58. The quantitative estimate of drug-likeness (QED) is 0.534. The van der Waals surface area contributed by atoms with Crippen molar-refractivity contribution in [3.63, 3.8) is 0 Å². The lowest BCUT2D eigenvalue weighted by atomic mass is 10.2. The smallest absolute Gasteiger partial charge is 0.349 e. The minimum Gasteiger partial charge on any atom is -0.480 e. The molecule has 0 unspecified atom stereocenters. The number of hydrogen-bond acceptors (Lipinski definition) is 4. The highest BCUT2D eigenvalue weighted by Crippen LogP contribution is 2.34. The molecule has 4 nitrogen and oxygen atoms in total. The van der Waals surface area contributed by atoms with Gasteiger partial charge in [0, 0.05) is 5.02 Å². The van der Waals surface area contributed by atoms with E-state index in [1.54, 1.807) is 6.07 Å². The molecule has 0 aromatic heterocycles. The Morgan fingerprint density at radius 3 is 2.26 bits per heavy atom. The third-order valence-corrected chi connectivity index (χ3v) is 3.67. The average Bonchev–Trinajstić information content (AvgIpc) is 2.49. The number of carbonyl (C=O) groups is 1. The first-order valence-corrected chi connectivity index (χ1v) is 7.59. The van der Waals surface area contributed by atoms with Crippen molar-refractivity contribution in [2.45, 2.75) is 0 Å². The van der Waals surface area contributed by atoms with Gasteiger partial charge in [0.1, 0.15) is 5.75 Å². The maximum atomic E-state index is 11.8. The number of nitrogens with zero attached hydrogens (tertiary/aromatic N) is 1. The van der Waals surface area contributed by atoms with E-state index < -0.39 is 12.6 Å². The van der Waals surface area contributed by atoms with E-state index in [0.717, 1.165) is 0 Å². The van der Waals surface area contributed by atoms with Crippen LogP contribution in [0.5, 0.6) is 11.5 Å². The average molecular weight is 391 g/mol. The molecular weight excluding hydrogens is 384 g/mol. The standard InChI is InChI=1S/C15H7Cl4NO3/c16-9-1-2-13(10(17)5-9)22-7-14(21)23-15-11(18)3-8(6-20)4-12(15)19/h1-5H,7H2. The molecule has 118 valence electrons. The number of carbonyl (C=O) groups excluding carboxylic acids is 1. The van der Waals surface area contributed by atoms with Crippen molar-refractivity contribution < 1.29 is 14.3 Å². The number of halogens is 4. The Hall–Kier alpha value is -1.64. The minimum atomic E-state index is -0.732. The monoisotopic (exact) mass is 389 g/mol. The molecule has 0 spiro atoms. The number of hydrogen-bond donors (Lipinski definition) is 0. The summed E-state index contributed by atoms with van der Waals surface area (Å²) in [5, 5.41) is 9.60. The van der Waals surface area contributed by atoms with Crippen LogP contribution in [0.1, 0.15) is 5.56 Å². The maximum absolute atomic E-state index is 11.8. The molecule has 2 aromatic rings. The van der Waals surface area contributed by atoms with Crippen molar-refractivity contribution in [1.82, 2.24) is 0 Å². The summed E-state index contributed by atoms with van der Waals surface area (Å²) >= 11 is 23.5. The second-order valence-corrected chi connectivity index (χ2v) is 5.88. The molecule has 0 amide bonds. The molecule has 0 aliphatic heterocycles. The Morgan fingerprint density at radius 1 is 1.04 bits per heavy atom. The Morgan fingerprint density at radius 2 is 1.70 bits per heavy atom. The molecule has 23 heavy (non-hydrogen) atoms. The highest BCUT2D eigenvalue weighted by Gasteiger charge is 2.15. The van der Waals surface area contributed by atoms with Crippen molar-refractivity contribution in [2.24, 2.45) is 0 Å². The van der Waals surface area contributed by atoms with Gasteiger partial charge in [-0.1, -0.05) is 46.4 Å². The van der Waals surface area contributed by atoms with Crippen molar-refractivity contribution in [2.75, 3.05) is 6.61 Å². The largest absolute Gasteiger partial charge is 0.480 e. The van der Waals surface area contributed by atoms with Gasteiger partial charge in [-0.25, -0.2) is 4.79 Å². The van der Waals surface area contributed by atoms with Gasteiger partial charge in [-0.05, 0) is 30.3 Å². The molecule has 0 aliphatic carbocycles. The molecule has 8 heteroatoms. The molecule has 0 fully saturated rings. The summed E-state index contributed by atoms with van der Waals surface area (Å²) in [6, 6.07) is 9.15. The lowest BCUT2D eigenvalue weighted by Crippen LogP contribution is -2.18. The molecule has 0 saturated heterocycles.